The highest BCUT2D eigenvalue weighted by Gasteiger charge is 2.30. The van der Waals surface area contributed by atoms with Gasteiger partial charge in [-0.05, 0) is 76.4 Å². The molecule has 0 aromatic heterocycles. The van der Waals surface area contributed by atoms with Gasteiger partial charge < -0.3 is 30.2 Å². The molecular formula is C32H51N3O4. The lowest BCUT2D eigenvalue weighted by atomic mass is 9.94. The molecule has 1 heterocycles. The summed E-state index contributed by atoms with van der Waals surface area (Å²) in [6.07, 6.45) is 6.51. The summed E-state index contributed by atoms with van der Waals surface area (Å²) < 4.78 is 16.4. The molecule has 3 N–H and O–H groups in total. The highest BCUT2D eigenvalue weighted by molar-refractivity contribution is 5.95. The highest BCUT2D eigenvalue weighted by Crippen LogP contribution is 2.31. The molecule has 2 aliphatic rings. The molecular weight excluding hydrogens is 490 g/mol. The van der Waals surface area contributed by atoms with Crippen LogP contribution in [-0.2, 0) is 4.74 Å². The minimum absolute atomic E-state index is 0.116. The number of methoxy groups -OCH3 is 2. The number of nitrogens with one attached hydrogen (secondary N) is 1. The van der Waals surface area contributed by atoms with Gasteiger partial charge in [0.1, 0.15) is 0 Å². The number of carbonyl (C=O) groups is 1. The number of amides is 1. The molecule has 1 saturated carbocycles. The third kappa shape index (κ3) is 10.8. The minimum atomic E-state index is 0.116. The van der Waals surface area contributed by atoms with Gasteiger partial charge in [-0.2, -0.15) is 0 Å². The molecule has 0 bridgehead atoms. The van der Waals surface area contributed by atoms with E-state index < -0.39 is 0 Å². The second kappa shape index (κ2) is 18.6. The van der Waals surface area contributed by atoms with Gasteiger partial charge in [0.15, 0.2) is 11.5 Å². The monoisotopic (exact) mass is 541 g/mol. The van der Waals surface area contributed by atoms with Crippen LogP contribution >= 0.6 is 0 Å². The van der Waals surface area contributed by atoms with E-state index in [1.807, 2.05) is 36.4 Å². The van der Waals surface area contributed by atoms with Crippen molar-refractivity contribution in [2.24, 2.45) is 17.6 Å². The van der Waals surface area contributed by atoms with Gasteiger partial charge in [0.25, 0.3) is 5.91 Å². The number of hydrogen-bond acceptors (Lipinski definition) is 6. The average Bonchev–Trinajstić information content (AvgIpc) is 3.65. The van der Waals surface area contributed by atoms with E-state index in [1.54, 1.807) is 14.2 Å². The first-order valence-electron chi connectivity index (χ1n) is 14.4. The lowest BCUT2D eigenvalue weighted by molar-refractivity contribution is 0.0665. The van der Waals surface area contributed by atoms with Crippen LogP contribution in [-0.4, -0.2) is 71.0 Å². The largest absolute Gasteiger partial charge is 0.493 e. The lowest BCUT2D eigenvalue weighted by Gasteiger charge is -2.31. The third-order valence-electron chi connectivity index (χ3n) is 7.55. The maximum absolute atomic E-state index is 13.5. The van der Waals surface area contributed by atoms with Gasteiger partial charge in [-0.3, -0.25) is 4.79 Å². The first-order valence-corrected chi connectivity index (χ1v) is 14.4. The van der Waals surface area contributed by atoms with Crippen LogP contribution in [0.1, 0.15) is 61.4 Å². The second-order valence-corrected chi connectivity index (χ2v) is 10.3. The Morgan fingerprint density at radius 2 is 1.72 bits per heavy atom. The number of rotatable bonds is 11. The van der Waals surface area contributed by atoms with Crippen molar-refractivity contribution in [3.63, 3.8) is 0 Å². The predicted molar refractivity (Wildman–Crippen MR) is 160 cm³/mol. The molecule has 2 aromatic rings. The SMILES string of the molecule is CN.COCCCOc1cc(C(=O)N(CCC2CNCC2C)C2CCCC2)ccc1OC.Cc1ccccc1. The standard InChI is InChI=1S/C24H38N2O4.C7H8.CH5N/c1-18-16-25-17-20(18)11-12-26(21-7-4-5-8-21)24(27)19-9-10-22(29-3)23(15-19)30-14-6-13-28-2;1-7-5-3-2-4-6-7;1-2/h9-10,15,18,20-21,25H,4-8,11-14,16-17H2,1-3H3;2-6H,1H3;2H2,1H3. The van der Waals surface area contributed by atoms with Crippen molar-refractivity contribution in [1.82, 2.24) is 10.2 Å². The quantitative estimate of drug-likeness (QED) is 0.375. The molecule has 2 fully saturated rings. The summed E-state index contributed by atoms with van der Waals surface area (Å²) in [6, 6.07) is 16.2. The van der Waals surface area contributed by atoms with E-state index in [1.165, 1.54) is 25.5 Å². The molecule has 1 amide bonds. The Labute approximate surface area is 236 Å². The van der Waals surface area contributed by atoms with Crippen LogP contribution in [0.3, 0.4) is 0 Å². The zero-order valence-corrected chi connectivity index (χ0v) is 24.8. The summed E-state index contributed by atoms with van der Waals surface area (Å²) in [5, 5.41) is 3.48. The molecule has 39 heavy (non-hydrogen) atoms. The molecule has 7 heteroatoms. The van der Waals surface area contributed by atoms with Gasteiger partial charge in [0.05, 0.1) is 13.7 Å². The third-order valence-corrected chi connectivity index (χ3v) is 7.55. The Kier molecular flexibility index (Phi) is 15.6. The summed E-state index contributed by atoms with van der Waals surface area (Å²) in [5.74, 6) is 2.72. The highest BCUT2D eigenvalue weighted by atomic mass is 16.5. The second-order valence-electron chi connectivity index (χ2n) is 10.3. The Balaban J connectivity index is 0.000000507. The molecule has 2 atom stereocenters. The van der Waals surface area contributed by atoms with Gasteiger partial charge in [-0.15, -0.1) is 0 Å². The summed E-state index contributed by atoms with van der Waals surface area (Å²) in [6.45, 7) is 8.55. The molecule has 218 valence electrons. The van der Waals surface area contributed by atoms with Crippen molar-refractivity contribution < 1.29 is 19.0 Å². The summed E-state index contributed by atoms with van der Waals surface area (Å²) in [5.41, 5.74) is 6.50. The Morgan fingerprint density at radius 3 is 2.28 bits per heavy atom. The van der Waals surface area contributed by atoms with Gasteiger partial charge in [-0.25, -0.2) is 0 Å². The van der Waals surface area contributed by atoms with E-state index >= 15 is 0 Å². The summed E-state index contributed by atoms with van der Waals surface area (Å²) >= 11 is 0. The van der Waals surface area contributed by atoms with E-state index in [0.29, 0.717) is 48.2 Å². The first-order chi connectivity index (χ1) is 19.0. The maximum Gasteiger partial charge on any atom is 0.254 e. The van der Waals surface area contributed by atoms with Crippen LogP contribution in [0.5, 0.6) is 11.5 Å². The van der Waals surface area contributed by atoms with E-state index in [0.717, 1.165) is 45.3 Å². The molecule has 1 aliphatic heterocycles. The van der Waals surface area contributed by atoms with Gasteiger partial charge in [-0.1, -0.05) is 55.7 Å². The Hall–Kier alpha value is -2.61. The summed E-state index contributed by atoms with van der Waals surface area (Å²) in [4.78, 5) is 15.7. The Bertz CT molecular complexity index is 934. The van der Waals surface area contributed by atoms with Crippen molar-refractivity contribution in [3.8, 4) is 11.5 Å². The van der Waals surface area contributed by atoms with E-state index in [-0.39, 0.29) is 5.91 Å². The van der Waals surface area contributed by atoms with E-state index in [4.69, 9.17) is 14.2 Å². The number of carbonyl (C=O) groups excluding carboxylic acids is 1. The topological polar surface area (TPSA) is 86.1 Å². The smallest absolute Gasteiger partial charge is 0.254 e. The fraction of sp³-hybridized carbons (Fsp3) is 0.594. The van der Waals surface area contributed by atoms with Crippen LogP contribution < -0.4 is 20.5 Å². The molecule has 4 rings (SSSR count). The van der Waals surface area contributed by atoms with E-state index in [9.17, 15) is 4.79 Å². The van der Waals surface area contributed by atoms with Crippen LogP contribution in [0.2, 0.25) is 0 Å². The van der Waals surface area contributed by atoms with Crippen LogP contribution in [0, 0.1) is 18.8 Å². The van der Waals surface area contributed by atoms with Crippen LogP contribution in [0.4, 0.5) is 0 Å². The average molecular weight is 542 g/mol. The zero-order valence-electron chi connectivity index (χ0n) is 24.8. The molecule has 1 saturated heterocycles. The fourth-order valence-corrected chi connectivity index (χ4v) is 5.23. The fourth-order valence-electron chi connectivity index (χ4n) is 5.23. The van der Waals surface area contributed by atoms with Crippen molar-refractivity contribution in [2.75, 3.05) is 54.1 Å². The number of aryl methyl sites for hydroxylation is 1. The van der Waals surface area contributed by atoms with Gasteiger partial charge in [0, 0.05) is 38.3 Å². The van der Waals surface area contributed by atoms with Crippen molar-refractivity contribution in [3.05, 3.63) is 59.7 Å². The Morgan fingerprint density at radius 1 is 1.00 bits per heavy atom. The van der Waals surface area contributed by atoms with E-state index in [2.05, 4.69) is 41.9 Å². The van der Waals surface area contributed by atoms with Crippen molar-refractivity contribution in [2.45, 2.75) is 58.4 Å². The number of ether oxygens (including phenoxy) is 3. The minimum Gasteiger partial charge on any atom is -0.493 e. The molecule has 1 aliphatic carbocycles. The van der Waals surface area contributed by atoms with Crippen LogP contribution in [0.25, 0.3) is 0 Å². The van der Waals surface area contributed by atoms with Gasteiger partial charge in [0.2, 0.25) is 0 Å². The van der Waals surface area contributed by atoms with Crippen molar-refractivity contribution >= 4 is 5.91 Å². The molecule has 2 aromatic carbocycles. The van der Waals surface area contributed by atoms with Crippen LogP contribution in [0.15, 0.2) is 48.5 Å². The number of nitrogens with two attached hydrogens (primary N) is 1. The predicted octanol–water partition coefficient (Wildman–Crippen LogP) is 5.31. The lowest BCUT2D eigenvalue weighted by Crippen LogP contribution is -2.40. The molecule has 7 nitrogen and oxygen atoms in total. The number of nitrogens with zero attached hydrogens (tertiary/aromatic N) is 1. The summed E-state index contributed by atoms with van der Waals surface area (Å²) in [7, 11) is 4.81. The van der Waals surface area contributed by atoms with Crippen molar-refractivity contribution in [1.29, 1.82) is 0 Å². The number of benzene rings is 2. The molecule has 2 unspecified atom stereocenters. The number of hydrogen-bond donors (Lipinski definition) is 2. The molecule has 0 radical (unpaired) electrons. The normalized spacial score (nSPS) is 18.4. The zero-order chi connectivity index (χ0) is 28.5. The molecule has 0 spiro atoms. The maximum atomic E-state index is 13.5. The van der Waals surface area contributed by atoms with Gasteiger partial charge >= 0.3 is 0 Å². The first kappa shape index (κ1) is 32.6.